The number of hydrogen-bond donors (Lipinski definition) is 1. The van der Waals surface area contributed by atoms with Crippen LogP contribution in [0.5, 0.6) is 0 Å². The third kappa shape index (κ3) is 3.59. The molecule has 0 atom stereocenters. The quantitative estimate of drug-likeness (QED) is 0.856. The second-order valence-electron chi connectivity index (χ2n) is 5.43. The van der Waals surface area contributed by atoms with Gasteiger partial charge in [0.1, 0.15) is 5.82 Å². The van der Waals surface area contributed by atoms with Gasteiger partial charge in [0, 0.05) is 26.2 Å². The predicted molar refractivity (Wildman–Crippen MR) is 77.1 cm³/mol. The molecule has 1 saturated carbocycles. The van der Waals surface area contributed by atoms with Crippen molar-refractivity contribution in [1.82, 2.24) is 9.88 Å². The zero-order valence-corrected chi connectivity index (χ0v) is 12.2. The van der Waals surface area contributed by atoms with Crippen LogP contribution >= 0.6 is 11.6 Å². The molecule has 0 aliphatic heterocycles. The largest absolute Gasteiger partial charge is 0.373 e. The van der Waals surface area contributed by atoms with E-state index in [0.717, 1.165) is 35.7 Å². The van der Waals surface area contributed by atoms with E-state index in [1.54, 1.807) is 0 Å². The van der Waals surface area contributed by atoms with Crippen LogP contribution in [0.4, 0.5) is 5.82 Å². The van der Waals surface area contributed by atoms with Crippen LogP contribution in [0.25, 0.3) is 0 Å². The molecule has 0 bridgehead atoms. The minimum atomic E-state index is 0.678. The van der Waals surface area contributed by atoms with Crippen molar-refractivity contribution in [1.29, 1.82) is 0 Å². The van der Waals surface area contributed by atoms with E-state index in [9.17, 15) is 0 Å². The third-order valence-electron chi connectivity index (χ3n) is 3.19. The van der Waals surface area contributed by atoms with Crippen molar-refractivity contribution in [2.45, 2.75) is 39.3 Å². The van der Waals surface area contributed by atoms with Crippen LogP contribution < -0.4 is 5.32 Å². The Morgan fingerprint density at radius 2 is 2.17 bits per heavy atom. The summed E-state index contributed by atoms with van der Waals surface area (Å²) in [6, 6.07) is 4.58. The van der Waals surface area contributed by atoms with E-state index in [0.29, 0.717) is 5.92 Å². The summed E-state index contributed by atoms with van der Waals surface area (Å²) in [6.07, 6.45) is 2.63. The molecule has 2 rings (SSSR count). The van der Waals surface area contributed by atoms with Gasteiger partial charge in [-0.2, -0.15) is 0 Å². The van der Waals surface area contributed by atoms with Gasteiger partial charge in [-0.3, -0.25) is 4.90 Å². The zero-order valence-electron chi connectivity index (χ0n) is 11.4. The Hall–Kier alpha value is -0.800. The molecule has 0 radical (unpaired) electrons. The number of hydrogen-bond acceptors (Lipinski definition) is 3. The second-order valence-corrected chi connectivity index (χ2v) is 5.84. The van der Waals surface area contributed by atoms with Crippen molar-refractivity contribution in [2.75, 3.05) is 18.9 Å². The first kappa shape index (κ1) is 13.6. The highest BCUT2D eigenvalue weighted by Gasteiger charge is 2.29. The van der Waals surface area contributed by atoms with Crippen molar-refractivity contribution in [3.05, 3.63) is 22.8 Å². The standard InChI is InChI=1S/C14H22ClN3/c1-10(2)8-18(11-4-5-11)9-13-12(15)6-7-14(16-3)17-13/h6-7,10-11H,4-5,8-9H2,1-3H3,(H,16,17). The van der Waals surface area contributed by atoms with Gasteiger partial charge < -0.3 is 5.32 Å². The summed E-state index contributed by atoms with van der Waals surface area (Å²) in [5, 5.41) is 3.83. The summed E-state index contributed by atoms with van der Waals surface area (Å²) in [6.45, 7) is 6.49. The molecule has 0 aromatic carbocycles. The van der Waals surface area contributed by atoms with Crippen LogP contribution in [0.1, 0.15) is 32.4 Å². The molecule has 0 amide bonds. The summed E-state index contributed by atoms with van der Waals surface area (Å²) in [4.78, 5) is 7.08. The molecule has 1 N–H and O–H groups in total. The molecule has 1 aliphatic carbocycles. The number of rotatable bonds is 6. The van der Waals surface area contributed by atoms with Crippen molar-refractivity contribution in [2.24, 2.45) is 5.92 Å². The molecule has 1 heterocycles. The van der Waals surface area contributed by atoms with Gasteiger partial charge in [0.25, 0.3) is 0 Å². The molecule has 1 aromatic rings. The van der Waals surface area contributed by atoms with Crippen molar-refractivity contribution in [3.63, 3.8) is 0 Å². The molecule has 0 saturated heterocycles. The van der Waals surface area contributed by atoms with Gasteiger partial charge in [0.05, 0.1) is 10.7 Å². The first-order valence-corrected chi connectivity index (χ1v) is 7.05. The molecular weight excluding hydrogens is 246 g/mol. The Labute approximate surface area is 115 Å². The lowest BCUT2D eigenvalue weighted by atomic mass is 10.2. The number of pyridine rings is 1. The molecule has 0 unspecified atom stereocenters. The smallest absolute Gasteiger partial charge is 0.126 e. The molecule has 100 valence electrons. The Kier molecular flexibility index (Phi) is 4.46. The fourth-order valence-corrected chi connectivity index (χ4v) is 2.34. The van der Waals surface area contributed by atoms with Crippen LogP contribution in [-0.2, 0) is 6.54 Å². The molecule has 4 heteroatoms. The maximum absolute atomic E-state index is 6.24. The first-order valence-electron chi connectivity index (χ1n) is 6.67. The number of aromatic nitrogens is 1. The Morgan fingerprint density at radius 3 is 2.72 bits per heavy atom. The molecule has 0 spiro atoms. The van der Waals surface area contributed by atoms with E-state index >= 15 is 0 Å². The monoisotopic (exact) mass is 267 g/mol. The van der Waals surface area contributed by atoms with E-state index in [-0.39, 0.29) is 0 Å². The molecule has 1 aliphatic rings. The minimum Gasteiger partial charge on any atom is -0.373 e. The van der Waals surface area contributed by atoms with E-state index < -0.39 is 0 Å². The maximum atomic E-state index is 6.24. The highest BCUT2D eigenvalue weighted by molar-refractivity contribution is 6.31. The van der Waals surface area contributed by atoms with Crippen molar-refractivity contribution < 1.29 is 0 Å². The van der Waals surface area contributed by atoms with Crippen LogP contribution in [-0.4, -0.2) is 29.5 Å². The summed E-state index contributed by atoms with van der Waals surface area (Å²) < 4.78 is 0. The molecular formula is C14H22ClN3. The SMILES string of the molecule is CNc1ccc(Cl)c(CN(CC(C)C)C2CC2)n1. The number of nitrogens with zero attached hydrogens (tertiary/aromatic N) is 2. The van der Waals surface area contributed by atoms with E-state index in [1.807, 2.05) is 19.2 Å². The lowest BCUT2D eigenvalue weighted by Gasteiger charge is -2.24. The Morgan fingerprint density at radius 1 is 1.44 bits per heavy atom. The number of anilines is 1. The van der Waals surface area contributed by atoms with Crippen molar-refractivity contribution >= 4 is 17.4 Å². The lowest BCUT2D eigenvalue weighted by Crippen LogP contribution is -2.30. The number of halogens is 1. The van der Waals surface area contributed by atoms with E-state index in [4.69, 9.17) is 11.6 Å². The van der Waals surface area contributed by atoms with Crippen LogP contribution in [0.2, 0.25) is 5.02 Å². The number of nitrogens with one attached hydrogen (secondary N) is 1. The van der Waals surface area contributed by atoms with Gasteiger partial charge in [-0.1, -0.05) is 25.4 Å². The van der Waals surface area contributed by atoms with Crippen molar-refractivity contribution in [3.8, 4) is 0 Å². The zero-order chi connectivity index (χ0) is 13.1. The molecule has 1 fully saturated rings. The summed E-state index contributed by atoms with van der Waals surface area (Å²) in [7, 11) is 1.88. The highest BCUT2D eigenvalue weighted by atomic mass is 35.5. The van der Waals surface area contributed by atoms with Crippen LogP contribution in [0.15, 0.2) is 12.1 Å². The summed E-state index contributed by atoms with van der Waals surface area (Å²) in [5.41, 5.74) is 0.982. The average Bonchev–Trinajstić information content (AvgIpc) is 3.14. The normalized spacial score (nSPS) is 15.4. The topological polar surface area (TPSA) is 28.2 Å². The molecule has 18 heavy (non-hydrogen) atoms. The fraction of sp³-hybridized carbons (Fsp3) is 0.643. The predicted octanol–water partition coefficient (Wildman–Crippen LogP) is 3.40. The van der Waals surface area contributed by atoms with Gasteiger partial charge in [-0.05, 0) is 30.9 Å². The maximum Gasteiger partial charge on any atom is 0.126 e. The first-order chi connectivity index (χ1) is 8.60. The summed E-state index contributed by atoms with van der Waals surface area (Å²) >= 11 is 6.24. The summed E-state index contributed by atoms with van der Waals surface area (Å²) in [5.74, 6) is 1.56. The fourth-order valence-electron chi connectivity index (χ4n) is 2.18. The van der Waals surface area contributed by atoms with Gasteiger partial charge in [-0.25, -0.2) is 4.98 Å². The van der Waals surface area contributed by atoms with E-state index in [1.165, 1.54) is 12.8 Å². The average molecular weight is 268 g/mol. The Balaban J connectivity index is 2.09. The van der Waals surface area contributed by atoms with Gasteiger partial charge in [0.2, 0.25) is 0 Å². The van der Waals surface area contributed by atoms with Crippen LogP contribution in [0, 0.1) is 5.92 Å². The second kappa shape index (κ2) is 5.89. The van der Waals surface area contributed by atoms with E-state index in [2.05, 4.69) is 29.0 Å². The Bertz CT molecular complexity index is 402. The van der Waals surface area contributed by atoms with Gasteiger partial charge >= 0.3 is 0 Å². The third-order valence-corrected chi connectivity index (χ3v) is 3.53. The van der Waals surface area contributed by atoms with Gasteiger partial charge in [-0.15, -0.1) is 0 Å². The van der Waals surface area contributed by atoms with Crippen LogP contribution in [0.3, 0.4) is 0 Å². The highest BCUT2D eigenvalue weighted by Crippen LogP contribution is 2.30. The van der Waals surface area contributed by atoms with Gasteiger partial charge in [0.15, 0.2) is 0 Å². The molecule has 3 nitrogen and oxygen atoms in total. The minimum absolute atomic E-state index is 0.678. The molecule has 1 aromatic heterocycles. The lowest BCUT2D eigenvalue weighted by molar-refractivity contribution is 0.223.